The van der Waals surface area contributed by atoms with Crippen molar-refractivity contribution < 1.29 is 4.79 Å². The van der Waals surface area contributed by atoms with Crippen LogP contribution in [0, 0.1) is 0 Å². The van der Waals surface area contributed by atoms with E-state index in [1.807, 2.05) is 20.8 Å². The summed E-state index contributed by atoms with van der Waals surface area (Å²) in [5.74, 6) is 0. The van der Waals surface area contributed by atoms with Crippen molar-refractivity contribution in [3.63, 3.8) is 0 Å². The molecule has 0 spiro atoms. The van der Waals surface area contributed by atoms with Gasteiger partial charge in [0, 0.05) is 0 Å². The van der Waals surface area contributed by atoms with E-state index in [0.29, 0.717) is 6.54 Å². The highest BCUT2D eigenvalue weighted by Crippen LogP contribution is 2.08. The number of aldehydes is 1. The second-order valence-electron chi connectivity index (χ2n) is 4.23. The van der Waals surface area contributed by atoms with Crippen LogP contribution in [0.3, 0.4) is 0 Å². The van der Waals surface area contributed by atoms with Gasteiger partial charge in [0.2, 0.25) is 0 Å². The molecule has 1 aliphatic rings. The number of hydrogen-bond donors (Lipinski definition) is 1. The van der Waals surface area contributed by atoms with Gasteiger partial charge in [0.25, 0.3) is 0 Å². The highest BCUT2D eigenvalue weighted by molar-refractivity contribution is 5.51. The van der Waals surface area contributed by atoms with Gasteiger partial charge in [-0.05, 0) is 45.4 Å². The molecule has 0 radical (unpaired) electrons. The zero-order valence-electron chi connectivity index (χ0n) is 13.0. The molecule has 0 amide bonds. The summed E-state index contributed by atoms with van der Waals surface area (Å²) >= 11 is 0. The van der Waals surface area contributed by atoms with Gasteiger partial charge in [0.05, 0.1) is 6.54 Å². The van der Waals surface area contributed by atoms with Gasteiger partial charge >= 0.3 is 0 Å². The minimum absolute atomic E-state index is 0.483. The molecule has 0 aliphatic carbocycles. The van der Waals surface area contributed by atoms with Crippen molar-refractivity contribution in [2.24, 2.45) is 0 Å². The summed E-state index contributed by atoms with van der Waals surface area (Å²) in [6.07, 6.45) is 7.91. The van der Waals surface area contributed by atoms with E-state index < -0.39 is 0 Å². The molecule has 1 fully saturated rings. The summed E-state index contributed by atoms with van der Waals surface area (Å²) in [6.45, 7) is 13.7. The Morgan fingerprint density at radius 1 is 1.11 bits per heavy atom. The molecule has 0 bridgehead atoms. The van der Waals surface area contributed by atoms with Gasteiger partial charge in [-0.1, -0.05) is 40.5 Å². The van der Waals surface area contributed by atoms with Crippen LogP contribution < -0.4 is 5.32 Å². The first-order chi connectivity index (χ1) is 8.85. The number of carbonyl (C=O) groups is 1. The van der Waals surface area contributed by atoms with E-state index in [4.69, 9.17) is 0 Å². The molecule has 0 aromatic carbocycles. The molecule has 0 unspecified atom stereocenters. The summed E-state index contributed by atoms with van der Waals surface area (Å²) in [5.41, 5.74) is 0. The van der Waals surface area contributed by atoms with E-state index in [-0.39, 0.29) is 0 Å². The lowest BCUT2D eigenvalue weighted by atomic mass is 10.1. The maximum atomic E-state index is 9.50. The topological polar surface area (TPSA) is 32.3 Å². The van der Waals surface area contributed by atoms with Crippen molar-refractivity contribution >= 4 is 6.29 Å². The zero-order valence-corrected chi connectivity index (χ0v) is 13.0. The summed E-state index contributed by atoms with van der Waals surface area (Å²) in [7, 11) is 0. The largest absolute Gasteiger partial charge is 0.311 e. The van der Waals surface area contributed by atoms with Gasteiger partial charge in [0.1, 0.15) is 6.29 Å². The maximum absolute atomic E-state index is 9.50. The highest BCUT2D eigenvalue weighted by Gasteiger charge is 2.07. The Bertz CT molecular complexity index is 145. The van der Waals surface area contributed by atoms with Gasteiger partial charge in [-0.2, -0.15) is 0 Å². The quantitative estimate of drug-likeness (QED) is 0.587. The number of nitrogens with one attached hydrogen (secondary N) is 1. The van der Waals surface area contributed by atoms with Crippen molar-refractivity contribution in [2.75, 3.05) is 32.7 Å². The van der Waals surface area contributed by atoms with Crippen LogP contribution in [0.15, 0.2) is 0 Å². The van der Waals surface area contributed by atoms with Crippen molar-refractivity contribution in [2.45, 2.75) is 59.8 Å². The van der Waals surface area contributed by atoms with Crippen LogP contribution in [-0.4, -0.2) is 43.9 Å². The first-order valence-corrected chi connectivity index (χ1v) is 7.71. The van der Waals surface area contributed by atoms with Crippen molar-refractivity contribution in [3.05, 3.63) is 0 Å². The lowest BCUT2D eigenvalue weighted by Crippen LogP contribution is -2.30. The second kappa shape index (κ2) is 18.9. The predicted octanol–water partition coefficient (Wildman–Crippen LogP) is 3.09. The normalized spacial score (nSPS) is 14.9. The number of likely N-dealkylation sites (tertiary alicyclic amines) is 1. The Balaban J connectivity index is 0. The van der Waals surface area contributed by atoms with Crippen molar-refractivity contribution in [1.29, 1.82) is 0 Å². The average Bonchev–Trinajstić information content (AvgIpc) is 2.47. The summed E-state index contributed by atoms with van der Waals surface area (Å²) in [6, 6.07) is 0. The van der Waals surface area contributed by atoms with E-state index in [2.05, 4.69) is 17.1 Å². The first kappa shape index (κ1) is 19.9. The molecule has 3 heteroatoms. The molecule has 0 aromatic heterocycles. The fourth-order valence-corrected chi connectivity index (χ4v) is 1.77. The smallest absolute Gasteiger partial charge is 0.133 e. The van der Waals surface area contributed by atoms with E-state index in [1.54, 1.807) is 0 Å². The third-order valence-electron chi connectivity index (χ3n) is 2.75. The monoisotopic (exact) mass is 258 g/mol. The predicted molar refractivity (Wildman–Crippen MR) is 81.2 cm³/mol. The standard InChI is InChI=1S/C9H19N.C4H9NO.C2H6/c1-2-3-7-10-8-5-4-6-9-10;1-2-5-3-4-6;1-2/h2-9H2,1H3;4-5H,2-3H2,1H3;1-2H3. The van der Waals surface area contributed by atoms with Crippen LogP contribution >= 0.6 is 0 Å². The molecular formula is C15H34N2O. The third-order valence-corrected chi connectivity index (χ3v) is 2.75. The van der Waals surface area contributed by atoms with Crippen molar-refractivity contribution in [3.8, 4) is 0 Å². The van der Waals surface area contributed by atoms with Crippen LogP contribution in [0.5, 0.6) is 0 Å². The highest BCUT2D eigenvalue weighted by atomic mass is 16.1. The van der Waals surface area contributed by atoms with E-state index >= 15 is 0 Å². The lowest BCUT2D eigenvalue weighted by molar-refractivity contribution is -0.107. The van der Waals surface area contributed by atoms with E-state index in [0.717, 1.165) is 12.8 Å². The Morgan fingerprint density at radius 3 is 2.11 bits per heavy atom. The number of piperidine rings is 1. The van der Waals surface area contributed by atoms with Crippen LogP contribution in [0.2, 0.25) is 0 Å². The Morgan fingerprint density at radius 2 is 1.72 bits per heavy atom. The Kier molecular flexibility index (Phi) is 21.0. The number of carbonyl (C=O) groups excluding carboxylic acids is 1. The molecule has 18 heavy (non-hydrogen) atoms. The molecular weight excluding hydrogens is 224 g/mol. The summed E-state index contributed by atoms with van der Waals surface area (Å²) in [4.78, 5) is 12.1. The molecule has 0 atom stereocenters. The molecule has 1 aliphatic heterocycles. The van der Waals surface area contributed by atoms with Crippen LogP contribution in [-0.2, 0) is 4.79 Å². The SMILES string of the molecule is CC.CCCCN1CCCCC1.CCNCC=O. The first-order valence-electron chi connectivity index (χ1n) is 7.71. The van der Waals surface area contributed by atoms with E-state index in [9.17, 15) is 4.79 Å². The van der Waals surface area contributed by atoms with Gasteiger partial charge in [-0.3, -0.25) is 0 Å². The minimum Gasteiger partial charge on any atom is -0.311 e. The molecule has 0 aromatic rings. The summed E-state index contributed by atoms with van der Waals surface area (Å²) in [5, 5.41) is 2.83. The number of likely N-dealkylation sites (N-methyl/N-ethyl adjacent to an activating group) is 1. The molecule has 3 nitrogen and oxygen atoms in total. The van der Waals surface area contributed by atoms with Crippen LogP contribution in [0.1, 0.15) is 59.8 Å². The Hall–Kier alpha value is -0.410. The number of nitrogens with zero attached hydrogens (tertiary/aromatic N) is 1. The molecule has 0 saturated carbocycles. The Labute approximate surface area is 114 Å². The lowest BCUT2D eigenvalue weighted by Gasteiger charge is -2.25. The molecule has 110 valence electrons. The minimum atomic E-state index is 0.483. The van der Waals surface area contributed by atoms with Crippen LogP contribution in [0.25, 0.3) is 0 Å². The van der Waals surface area contributed by atoms with E-state index in [1.165, 1.54) is 51.7 Å². The fraction of sp³-hybridized carbons (Fsp3) is 0.933. The third kappa shape index (κ3) is 15.6. The number of rotatable bonds is 6. The molecule has 1 heterocycles. The number of hydrogen-bond acceptors (Lipinski definition) is 3. The molecule has 1 saturated heterocycles. The zero-order chi connectivity index (χ0) is 14.1. The van der Waals surface area contributed by atoms with Gasteiger partial charge in [-0.15, -0.1) is 0 Å². The number of unbranched alkanes of at least 4 members (excludes halogenated alkanes) is 1. The maximum Gasteiger partial charge on any atom is 0.133 e. The van der Waals surface area contributed by atoms with Crippen LogP contribution in [0.4, 0.5) is 0 Å². The molecule has 1 N–H and O–H groups in total. The average molecular weight is 258 g/mol. The molecule has 1 rings (SSSR count). The second-order valence-corrected chi connectivity index (χ2v) is 4.23. The van der Waals surface area contributed by atoms with Gasteiger partial charge in [-0.25, -0.2) is 0 Å². The van der Waals surface area contributed by atoms with Crippen molar-refractivity contribution in [1.82, 2.24) is 10.2 Å². The van der Waals surface area contributed by atoms with Gasteiger partial charge in [0.15, 0.2) is 0 Å². The summed E-state index contributed by atoms with van der Waals surface area (Å²) < 4.78 is 0. The van der Waals surface area contributed by atoms with Gasteiger partial charge < -0.3 is 15.0 Å². The fourth-order valence-electron chi connectivity index (χ4n) is 1.77.